The lowest BCUT2D eigenvalue weighted by molar-refractivity contribution is -0.118. The molecule has 0 bridgehead atoms. The van der Waals surface area contributed by atoms with Gasteiger partial charge in [-0.05, 0) is 32.8 Å². The summed E-state index contributed by atoms with van der Waals surface area (Å²) >= 11 is 6.42. The quantitative estimate of drug-likeness (QED) is 0.723. The Morgan fingerprint density at radius 3 is 2.46 bits per heavy atom. The lowest BCUT2D eigenvalue weighted by Crippen LogP contribution is -2.41. The summed E-state index contributed by atoms with van der Waals surface area (Å²) in [5.74, 6) is 1.10. The van der Waals surface area contributed by atoms with E-state index in [9.17, 15) is 4.79 Å². The number of carbonyl (C=O) groups is 1. The molecule has 2 aromatic rings. The predicted octanol–water partition coefficient (Wildman–Crippen LogP) is 4.25. The van der Waals surface area contributed by atoms with Crippen LogP contribution >= 0.6 is 11.6 Å². The zero-order valence-corrected chi connectivity index (χ0v) is 18.7. The van der Waals surface area contributed by atoms with Crippen LogP contribution < -0.4 is 5.32 Å². The fourth-order valence-electron chi connectivity index (χ4n) is 2.57. The van der Waals surface area contributed by atoms with Crippen LogP contribution in [0, 0.1) is 12.8 Å². The number of rotatable bonds is 6. The highest BCUT2D eigenvalue weighted by atomic mass is 35.5. The SMILES string of the molecule is Cc1nn(CC(C)C)c(Cl)c1/C=C/C(=O)NC(C)(C)c1noc(C(C)(C)C)n1. The molecule has 1 amide bonds. The highest BCUT2D eigenvalue weighted by Crippen LogP contribution is 2.25. The van der Waals surface area contributed by atoms with Crippen molar-refractivity contribution in [2.24, 2.45) is 5.92 Å². The molecular weight excluding hydrogens is 378 g/mol. The van der Waals surface area contributed by atoms with E-state index < -0.39 is 5.54 Å². The Kier molecular flexibility index (Phi) is 6.38. The second-order valence-electron chi connectivity index (χ2n) is 8.99. The van der Waals surface area contributed by atoms with Crippen LogP contribution in [0.15, 0.2) is 10.6 Å². The summed E-state index contributed by atoms with van der Waals surface area (Å²) in [6.07, 6.45) is 3.13. The highest BCUT2D eigenvalue weighted by Gasteiger charge is 2.31. The van der Waals surface area contributed by atoms with Crippen molar-refractivity contribution < 1.29 is 9.32 Å². The van der Waals surface area contributed by atoms with Crippen LogP contribution in [0.3, 0.4) is 0 Å². The van der Waals surface area contributed by atoms with Crippen molar-refractivity contribution in [1.29, 1.82) is 0 Å². The molecule has 0 atom stereocenters. The Hall–Kier alpha value is -2.15. The van der Waals surface area contributed by atoms with Gasteiger partial charge in [-0.3, -0.25) is 9.48 Å². The highest BCUT2D eigenvalue weighted by molar-refractivity contribution is 6.31. The smallest absolute Gasteiger partial charge is 0.244 e. The minimum atomic E-state index is -0.783. The molecule has 0 fully saturated rings. The molecule has 2 heterocycles. The monoisotopic (exact) mass is 407 g/mol. The molecule has 7 nitrogen and oxygen atoms in total. The maximum atomic E-state index is 12.5. The van der Waals surface area contributed by atoms with Crippen molar-refractivity contribution in [3.8, 4) is 0 Å². The molecule has 0 spiro atoms. The van der Waals surface area contributed by atoms with E-state index in [0.717, 1.165) is 17.8 Å². The van der Waals surface area contributed by atoms with Gasteiger partial charge in [0.05, 0.1) is 11.2 Å². The summed E-state index contributed by atoms with van der Waals surface area (Å²) in [6, 6.07) is 0. The van der Waals surface area contributed by atoms with Crippen LogP contribution in [-0.2, 0) is 22.3 Å². The molecule has 0 radical (unpaired) electrons. The van der Waals surface area contributed by atoms with Crippen molar-refractivity contribution >= 4 is 23.6 Å². The van der Waals surface area contributed by atoms with E-state index in [0.29, 0.717) is 22.8 Å². The molecule has 0 aliphatic carbocycles. The van der Waals surface area contributed by atoms with E-state index >= 15 is 0 Å². The van der Waals surface area contributed by atoms with Gasteiger partial charge in [-0.1, -0.05) is 51.4 Å². The lowest BCUT2D eigenvalue weighted by Gasteiger charge is -2.21. The van der Waals surface area contributed by atoms with Crippen molar-refractivity contribution in [1.82, 2.24) is 25.2 Å². The van der Waals surface area contributed by atoms with Gasteiger partial charge in [-0.25, -0.2) is 0 Å². The van der Waals surface area contributed by atoms with E-state index in [4.69, 9.17) is 16.1 Å². The fraction of sp³-hybridized carbons (Fsp3) is 0.600. The maximum absolute atomic E-state index is 12.5. The molecule has 154 valence electrons. The third kappa shape index (κ3) is 5.22. The van der Waals surface area contributed by atoms with Crippen LogP contribution in [0.1, 0.15) is 71.4 Å². The standard InChI is InChI=1S/C20H30ClN5O2/c1-12(2)11-26-16(21)14(13(3)24-26)9-10-15(27)23-20(7,8)17-22-18(28-25-17)19(4,5)6/h9-10,12H,11H2,1-8H3,(H,23,27)/b10-9+. The van der Waals surface area contributed by atoms with Gasteiger partial charge < -0.3 is 9.84 Å². The van der Waals surface area contributed by atoms with Crippen LogP contribution in [0.2, 0.25) is 5.15 Å². The average molecular weight is 408 g/mol. The molecular formula is C20H30ClN5O2. The molecule has 0 aromatic carbocycles. The first kappa shape index (κ1) is 22.1. The number of nitrogens with zero attached hydrogens (tertiary/aromatic N) is 4. The van der Waals surface area contributed by atoms with Gasteiger partial charge in [0.15, 0.2) is 5.82 Å². The number of aryl methyl sites for hydroxylation is 1. The molecule has 0 unspecified atom stereocenters. The number of hydrogen-bond acceptors (Lipinski definition) is 5. The van der Waals surface area contributed by atoms with E-state index in [1.54, 1.807) is 10.8 Å². The fourth-order valence-corrected chi connectivity index (χ4v) is 2.88. The Morgan fingerprint density at radius 2 is 1.93 bits per heavy atom. The molecule has 0 aliphatic heterocycles. The zero-order valence-electron chi connectivity index (χ0n) is 17.9. The number of amides is 1. The normalized spacial score (nSPS) is 12.9. The number of nitrogens with one attached hydrogen (secondary N) is 1. The van der Waals surface area contributed by atoms with Crippen LogP contribution in [0.4, 0.5) is 0 Å². The molecule has 8 heteroatoms. The van der Waals surface area contributed by atoms with Gasteiger partial charge in [-0.2, -0.15) is 10.1 Å². The molecule has 2 rings (SSSR count). The molecule has 0 saturated carbocycles. The molecule has 2 aromatic heterocycles. The maximum Gasteiger partial charge on any atom is 0.244 e. The van der Waals surface area contributed by atoms with E-state index in [-0.39, 0.29) is 11.3 Å². The van der Waals surface area contributed by atoms with Gasteiger partial charge in [0.2, 0.25) is 11.8 Å². The summed E-state index contributed by atoms with van der Waals surface area (Å²) in [5.41, 5.74) is 0.483. The molecule has 0 aliphatic rings. The first-order valence-electron chi connectivity index (χ1n) is 9.39. The zero-order chi connectivity index (χ0) is 21.3. The average Bonchev–Trinajstić information content (AvgIpc) is 3.12. The van der Waals surface area contributed by atoms with E-state index in [1.807, 2.05) is 41.5 Å². The Balaban J connectivity index is 2.13. The third-order valence-corrected chi connectivity index (χ3v) is 4.51. The number of carbonyl (C=O) groups excluding carboxylic acids is 1. The van der Waals surface area contributed by atoms with E-state index in [2.05, 4.69) is 34.4 Å². The summed E-state index contributed by atoms with van der Waals surface area (Å²) in [7, 11) is 0. The first-order valence-corrected chi connectivity index (χ1v) is 9.77. The van der Waals surface area contributed by atoms with Gasteiger partial charge in [-0.15, -0.1) is 0 Å². The van der Waals surface area contributed by atoms with Crippen molar-refractivity contribution in [3.05, 3.63) is 34.2 Å². The minimum Gasteiger partial charge on any atom is -0.340 e. The molecule has 1 N–H and O–H groups in total. The van der Waals surface area contributed by atoms with Gasteiger partial charge >= 0.3 is 0 Å². The molecule has 0 saturated heterocycles. The molecule has 28 heavy (non-hydrogen) atoms. The number of hydrogen-bond donors (Lipinski definition) is 1. The second kappa shape index (κ2) is 8.07. The van der Waals surface area contributed by atoms with Crippen molar-refractivity contribution in [3.63, 3.8) is 0 Å². The summed E-state index contributed by atoms with van der Waals surface area (Å²) in [5, 5.41) is 11.9. The van der Waals surface area contributed by atoms with Gasteiger partial charge in [0, 0.05) is 23.6 Å². The largest absolute Gasteiger partial charge is 0.340 e. The van der Waals surface area contributed by atoms with Crippen molar-refractivity contribution in [2.45, 2.75) is 72.9 Å². The Bertz CT molecular complexity index is 872. The predicted molar refractivity (Wildman–Crippen MR) is 110 cm³/mol. The van der Waals surface area contributed by atoms with Crippen LogP contribution in [-0.4, -0.2) is 25.8 Å². The number of halogens is 1. The topological polar surface area (TPSA) is 85.8 Å². The van der Waals surface area contributed by atoms with Crippen LogP contribution in [0.25, 0.3) is 6.08 Å². The van der Waals surface area contributed by atoms with Crippen LogP contribution in [0.5, 0.6) is 0 Å². The van der Waals surface area contributed by atoms with Gasteiger partial charge in [0.25, 0.3) is 0 Å². The lowest BCUT2D eigenvalue weighted by atomic mass is 9.97. The third-order valence-electron chi connectivity index (χ3n) is 4.11. The minimum absolute atomic E-state index is 0.254. The first-order chi connectivity index (χ1) is 12.8. The second-order valence-corrected chi connectivity index (χ2v) is 9.34. The summed E-state index contributed by atoms with van der Waals surface area (Å²) < 4.78 is 7.09. The van der Waals surface area contributed by atoms with Gasteiger partial charge in [0.1, 0.15) is 5.15 Å². The summed E-state index contributed by atoms with van der Waals surface area (Å²) in [4.78, 5) is 16.9. The summed E-state index contributed by atoms with van der Waals surface area (Å²) in [6.45, 7) is 16.4. The Labute approximate surface area is 171 Å². The van der Waals surface area contributed by atoms with E-state index in [1.165, 1.54) is 6.08 Å². The number of aromatic nitrogens is 4. The van der Waals surface area contributed by atoms with Crippen molar-refractivity contribution in [2.75, 3.05) is 0 Å². The Morgan fingerprint density at radius 1 is 1.29 bits per heavy atom.